The molecular formula is C19H13BrN2O. The molecule has 0 saturated carbocycles. The van der Waals surface area contributed by atoms with Gasteiger partial charge in [-0.3, -0.25) is 0 Å². The molecule has 0 amide bonds. The largest absolute Gasteiger partial charge is 0.456 e. The molecule has 0 unspecified atom stereocenters. The van der Waals surface area contributed by atoms with Crippen LogP contribution in [0.25, 0.3) is 33.4 Å². The molecule has 1 aliphatic carbocycles. The van der Waals surface area contributed by atoms with Crippen molar-refractivity contribution in [2.75, 3.05) is 5.73 Å². The number of rotatable bonds is 1. The Balaban J connectivity index is 2.23. The van der Waals surface area contributed by atoms with Crippen LogP contribution in [-0.4, -0.2) is 0 Å². The summed E-state index contributed by atoms with van der Waals surface area (Å²) in [6, 6.07) is 19.2. The molecule has 0 aromatic heterocycles. The summed E-state index contributed by atoms with van der Waals surface area (Å²) in [5.41, 5.74) is 10.4. The van der Waals surface area contributed by atoms with Gasteiger partial charge < -0.3 is 15.6 Å². The number of nitrogens with one attached hydrogen (secondary N) is 1. The van der Waals surface area contributed by atoms with E-state index >= 15 is 0 Å². The molecule has 3 N–H and O–H groups in total. The molecule has 0 fully saturated rings. The van der Waals surface area contributed by atoms with Crippen molar-refractivity contribution < 1.29 is 4.42 Å². The molecule has 112 valence electrons. The third-order valence-electron chi connectivity index (χ3n) is 3.89. The van der Waals surface area contributed by atoms with Gasteiger partial charge in [0.1, 0.15) is 11.3 Å². The fraction of sp³-hybridized carbons (Fsp3) is 0. The number of nitrogens with two attached hydrogens (primary N) is 1. The molecule has 0 saturated heterocycles. The lowest BCUT2D eigenvalue weighted by Crippen LogP contribution is -2.00. The number of benzene rings is 3. The summed E-state index contributed by atoms with van der Waals surface area (Å²) in [5.74, 6) is 0.682. The minimum absolute atomic E-state index is 0.419. The number of fused-ring (bicyclic) bond motifs is 2. The number of anilines is 1. The van der Waals surface area contributed by atoms with Crippen molar-refractivity contribution in [3.8, 4) is 22.5 Å². The summed E-state index contributed by atoms with van der Waals surface area (Å²) in [7, 11) is 0. The monoisotopic (exact) mass is 364 g/mol. The van der Waals surface area contributed by atoms with Gasteiger partial charge in [-0.1, -0.05) is 34.1 Å². The Labute approximate surface area is 141 Å². The van der Waals surface area contributed by atoms with E-state index in [0.29, 0.717) is 22.4 Å². The minimum Gasteiger partial charge on any atom is -0.456 e. The van der Waals surface area contributed by atoms with E-state index in [9.17, 15) is 0 Å². The first-order valence-electron chi connectivity index (χ1n) is 7.19. The Morgan fingerprint density at radius 1 is 0.913 bits per heavy atom. The summed E-state index contributed by atoms with van der Waals surface area (Å²) >= 11 is 3.64. The molecule has 2 aliphatic rings. The maximum absolute atomic E-state index is 7.85. The molecule has 2 aromatic rings. The SMILES string of the molecule is N=c1ccc2c(-c3ccccc3Br)c3ccc(N)cc3oc-2c1. The number of nitrogen functional groups attached to an aromatic ring is 1. The number of hydrogen-bond donors (Lipinski definition) is 2. The predicted molar refractivity (Wildman–Crippen MR) is 96.2 cm³/mol. The van der Waals surface area contributed by atoms with E-state index in [1.54, 1.807) is 12.1 Å². The number of hydrogen-bond acceptors (Lipinski definition) is 3. The molecule has 1 aliphatic heterocycles. The molecule has 23 heavy (non-hydrogen) atoms. The van der Waals surface area contributed by atoms with Crippen LogP contribution in [0.3, 0.4) is 0 Å². The lowest BCUT2D eigenvalue weighted by molar-refractivity contribution is 0.619. The molecule has 2 aromatic carbocycles. The van der Waals surface area contributed by atoms with E-state index in [0.717, 1.165) is 26.5 Å². The van der Waals surface area contributed by atoms with Gasteiger partial charge in [-0.05, 0) is 35.9 Å². The summed E-state index contributed by atoms with van der Waals surface area (Å²) in [4.78, 5) is 0. The second kappa shape index (κ2) is 5.25. The van der Waals surface area contributed by atoms with Crippen molar-refractivity contribution in [3.05, 3.63) is 70.5 Å². The average Bonchev–Trinajstić information content (AvgIpc) is 2.53. The van der Waals surface area contributed by atoms with Crippen LogP contribution in [-0.2, 0) is 0 Å². The second-order valence-corrected chi connectivity index (χ2v) is 6.28. The molecule has 4 heteroatoms. The first kappa shape index (κ1) is 14.0. The van der Waals surface area contributed by atoms with Gasteiger partial charge in [0.25, 0.3) is 0 Å². The summed E-state index contributed by atoms with van der Waals surface area (Å²) in [6.07, 6.45) is 0. The Hall–Kier alpha value is -2.59. The fourth-order valence-electron chi connectivity index (χ4n) is 2.86. The van der Waals surface area contributed by atoms with E-state index in [4.69, 9.17) is 15.6 Å². The van der Waals surface area contributed by atoms with Gasteiger partial charge in [-0.15, -0.1) is 0 Å². The van der Waals surface area contributed by atoms with E-state index in [1.165, 1.54) is 0 Å². The van der Waals surface area contributed by atoms with Crippen LogP contribution in [0, 0.1) is 5.41 Å². The van der Waals surface area contributed by atoms with Crippen molar-refractivity contribution in [2.45, 2.75) is 0 Å². The van der Waals surface area contributed by atoms with Gasteiger partial charge in [-0.25, -0.2) is 0 Å². The topological polar surface area (TPSA) is 63.0 Å². The van der Waals surface area contributed by atoms with Gasteiger partial charge in [0.2, 0.25) is 0 Å². The van der Waals surface area contributed by atoms with E-state index in [2.05, 4.69) is 22.0 Å². The van der Waals surface area contributed by atoms with Crippen molar-refractivity contribution in [3.63, 3.8) is 0 Å². The van der Waals surface area contributed by atoms with Gasteiger partial charge in [0, 0.05) is 38.8 Å². The summed E-state index contributed by atoms with van der Waals surface area (Å²) < 4.78 is 7.01. The Morgan fingerprint density at radius 3 is 2.57 bits per heavy atom. The second-order valence-electron chi connectivity index (χ2n) is 5.42. The van der Waals surface area contributed by atoms with Crippen LogP contribution in [0.15, 0.2) is 69.6 Å². The van der Waals surface area contributed by atoms with E-state index in [-0.39, 0.29) is 0 Å². The Morgan fingerprint density at radius 2 is 1.74 bits per heavy atom. The van der Waals surface area contributed by atoms with Gasteiger partial charge >= 0.3 is 0 Å². The molecule has 0 atom stereocenters. The van der Waals surface area contributed by atoms with Crippen molar-refractivity contribution in [1.29, 1.82) is 5.41 Å². The predicted octanol–water partition coefficient (Wildman–Crippen LogP) is 5.03. The molecule has 4 rings (SSSR count). The Kier molecular flexibility index (Phi) is 3.20. The highest BCUT2D eigenvalue weighted by Gasteiger charge is 2.18. The third-order valence-corrected chi connectivity index (χ3v) is 4.58. The van der Waals surface area contributed by atoms with E-state index < -0.39 is 0 Å². The zero-order valence-corrected chi connectivity index (χ0v) is 13.7. The van der Waals surface area contributed by atoms with Crippen LogP contribution >= 0.6 is 15.9 Å². The van der Waals surface area contributed by atoms with Crippen LogP contribution in [0.2, 0.25) is 0 Å². The molecule has 0 spiro atoms. The standard InChI is InChI=1S/C19H13BrN2O/c20-16-4-2-1-3-13(16)19-14-7-5-11(21)9-17(14)23-18-10-12(22)6-8-15(18)19/h1-10,21H,22H2. The molecule has 0 bridgehead atoms. The van der Waals surface area contributed by atoms with Gasteiger partial charge in [0.05, 0.1) is 5.36 Å². The highest BCUT2D eigenvalue weighted by atomic mass is 79.9. The summed E-state index contributed by atoms with van der Waals surface area (Å²) in [6.45, 7) is 0. The molecule has 3 nitrogen and oxygen atoms in total. The van der Waals surface area contributed by atoms with Crippen LogP contribution in [0.1, 0.15) is 0 Å². The lowest BCUT2D eigenvalue weighted by Gasteiger charge is -2.16. The van der Waals surface area contributed by atoms with Gasteiger partial charge in [0.15, 0.2) is 0 Å². The Bertz CT molecular complexity index is 1070. The maximum atomic E-state index is 7.85. The quantitative estimate of drug-likeness (QED) is 0.367. The van der Waals surface area contributed by atoms with Crippen LogP contribution in [0.5, 0.6) is 0 Å². The first-order chi connectivity index (χ1) is 11.1. The van der Waals surface area contributed by atoms with Crippen LogP contribution in [0.4, 0.5) is 5.69 Å². The summed E-state index contributed by atoms with van der Waals surface area (Å²) in [5, 5.41) is 9.27. The molecular weight excluding hydrogens is 352 g/mol. The van der Waals surface area contributed by atoms with Gasteiger partial charge in [-0.2, -0.15) is 0 Å². The van der Waals surface area contributed by atoms with Crippen LogP contribution < -0.4 is 11.1 Å². The third kappa shape index (κ3) is 2.32. The fourth-order valence-corrected chi connectivity index (χ4v) is 3.34. The van der Waals surface area contributed by atoms with E-state index in [1.807, 2.05) is 42.5 Å². The highest BCUT2D eigenvalue weighted by Crippen LogP contribution is 2.42. The van der Waals surface area contributed by atoms with Crippen molar-refractivity contribution in [1.82, 2.24) is 0 Å². The maximum Gasteiger partial charge on any atom is 0.137 e. The first-order valence-corrected chi connectivity index (χ1v) is 7.98. The number of halogens is 1. The normalized spacial score (nSPS) is 11.2. The molecule has 0 radical (unpaired) electrons. The minimum atomic E-state index is 0.419. The zero-order valence-electron chi connectivity index (χ0n) is 12.1. The lowest BCUT2D eigenvalue weighted by atomic mass is 9.93. The molecule has 1 heterocycles. The highest BCUT2D eigenvalue weighted by molar-refractivity contribution is 9.10. The van der Waals surface area contributed by atoms with Crippen molar-refractivity contribution >= 4 is 32.6 Å². The van der Waals surface area contributed by atoms with Crippen molar-refractivity contribution in [2.24, 2.45) is 0 Å². The zero-order chi connectivity index (χ0) is 16.0. The average molecular weight is 365 g/mol. The smallest absolute Gasteiger partial charge is 0.137 e.